The lowest BCUT2D eigenvalue weighted by Gasteiger charge is -1.98. The first-order valence-corrected chi connectivity index (χ1v) is 3.16. The molecule has 0 unspecified atom stereocenters. The Balaban J connectivity index is 4.12. The molecule has 0 rings (SSSR count). The second kappa shape index (κ2) is 4.49. The van der Waals surface area contributed by atoms with E-state index in [1.54, 1.807) is 6.92 Å². The minimum absolute atomic E-state index is 0.0966. The van der Waals surface area contributed by atoms with E-state index in [9.17, 15) is 9.59 Å². The Bertz CT molecular complexity index is 193. The molecule has 0 spiro atoms. The van der Waals surface area contributed by atoms with Crippen molar-refractivity contribution < 1.29 is 19.4 Å². The second-order valence-corrected chi connectivity index (χ2v) is 1.89. The molecule has 0 amide bonds. The number of carboxylic acid groups (broad SMARTS) is 1. The van der Waals surface area contributed by atoms with Crippen LogP contribution in [-0.4, -0.2) is 23.7 Å². The number of esters is 1. The second-order valence-electron chi connectivity index (χ2n) is 1.89. The highest BCUT2D eigenvalue weighted by molar-refractivity contribution is 5.95. The van der Waals surface area contributed by atoms with Crippen LogP contribution in [0.2, 0.25) is 0 Å². The maximum Gasteiger partial charge on any atom is 0.333 e. The molecule has 0 heterocycles. The zero-order valence-corrected chi connectivity index (χ0v) is 6.46. The number of carboxylic acids is 1. The molecule has 62 valence electrons. The molecule has 1 N–H and O–H groups in total. The molecule has 0 aliphatic rings. The van der Waals surface area contributed by atoms with Gasteiger partial charge >= 0.3 is 11.9 Å². The Morgan fingerprint density at radius 3 is 2.45 bits per heavy atom. The highest BCUT2D eigenvalue weighted by Gasteiger charge is 2.05. The van der Waals surface area contributed by atoms with Gasteiger partial charge in [0.25, 0.3) is 0 Å². The third-order valence-corrected chi connectivity index (χ3v) is 0.937. The first-order chi connectivity index (χ1) is 5.07. The Kier molecular flexibility index (Phi) is 3.95. The summed E-state index contributed by atoms with van der Waals surface area (Å²) in [6, 6.07) is 0. The number of carbonyl (C=O) groups excluding carboxylic acids is 1. The lowest BCUT2D eigenvalue weighted by Crippen LogP contribution is -2.06. The van der Waals surface area contributed by atoms with Gasteiger partial charge in [0.2, 0.25) is 0 Å². The van der Waals surface area contributed by atoms with Gasteiger partial charge in [0, 0.05) is 11.6 Å². The van der Waals surface area contributed by atoms with E-state index < -0.39 is 11.9 Å². The number of carbonyl (C=O) groups is 2. The lowest BCUT2D eigenvalue weighted by molar-refractivity contribution is -0.139. The molecule has 0 aromatic carbocycles. The van der Waals surface area contributed by atoms with Crippen molar-refractivity contribution in [3.8, 4) is 0 Å². The summed E-state index contributed by atoms with van der Waals surface area (Å²) in [5, 5.41) is 8.22. The predicted octanol–water partition coefficient (Wildman–Crippen LogP) is 0.580. The quantitative estimate of drug-likeness (QED) is 0.482. The standard InChI is InChI=1S/C7H10O4/c1-3-11-7(10)5(2)4-6(8)9/h4H,3H2,1-2H3,(H,8,9)/b5-4+. The highest BCUT2D eigenvalue weighted by Crippen LogP contribution is 1.95. The van der Waals surface area contributed by atoms with Crippen LogP contribution < -0.4 is 0 Å². The molecule has 11 heavy (non-hydrogen) atoms. The molecular formula is C7H10O4. The summed E-state index contributed by atoms with van der Waals surface area (Å²) >= 11 is 0. The van der Waals surface area contributed by atoms with Crippen molar-refractivity contribution in [3.63, 3.8) is 0 Å². The van der Waals surface area contributed by atoms with Crippen molar-refractivity contribution in [2.75, 3.05) is 6.61 Å². The normalized spacial score (nSPS) is 10.9. The van der Waals surface area contributed by atoms with E-state index in [0.717, 1.165) is 6.08 Å². The molecule has 0 saturated carbocycles. The first-order valence-electron chi connectivity index (χ1n) is 3.16. The highest BCUT2D eigenvalue weighted by atomic mass is 16.5. The van der Waals surface area contributed by atoms with Gasteiger partial charge in [-0.15, -0.1) is 0 Å². The van der Waals surface area contributed by atoms with Crippen molar-refractivity contribution in [1.82, 2.24) is 0 Å². The fourth-order valence-electron chi connectivity index (χ4n) is 0.489. The summed E-state index contributed by atoms with van der Waals surface area (Å²) in [6.45, 7) is 3.31. The van der Waals surface area contributed by atoms with Gasteiger partial charge in [-0.1, -0.05) is 0 Å². The van der Waals surface area contributed by atoms with E-state index in [4.69, 9.17) is 5.11 Å². The van der Waals surface area contributed by atoms with Crippen LogP contribution in [0, 0.1) is 0 Å². The van der Waals surface area contributed by atoms with Gasteiger partial charge < -0.3 is 9.84 Å². The van der Waals surface area contributed by atoms with Crippen LogP contribution in [0.3, 0.4) is 0 Å². The van der Waals surface area contributed by atoms with Crippen LogP contribution >= 0.6 is 0 Å². The largest absolute Gasteiger partial charge is 0.478 e. The van der Waals surface area contributed by atoms with Crippen molar-refractivity contribution >= 4 is 11.9 Å². The van der Waals surface area contributed by atoms with Gasteiger partial charge in [0.05, 0.1) is 6.61 Å². The average molecular weight is 158 g/mol. The molecule has 0 fully saturated rings. The summed E-state index contributed by atoms with van der Waals surface area (Å²) in [4.78, 5) is 20.8. The number of hydrogen-bond donors (Lipinski definition) is 1. The third kappa shape index (κ3) is 4.13. The van der Waals surface area contributed by atoms with Crippen molar-refractivity contribution in [2.45, 2.75) is 13.8 Å². The SMILES string of the molecule is CCOC(=O)/C(C)=C/C(=O)O. The van der Waals surface area contributed by atoms with Gasteiger partial charge in [-0.2, -0.15) is 0 Å². The Hall–Kier alpha value is -1.32. The predicted molar refractivity (Wildman–Crippen MR) is 38.0 cm³/mol. The fraction of sp³-hybridized carbons (Fsp3) is 0.429. The van der Waals surface area contributed by atoms with Crippen LogP contribution in [0.1, 0.15) is 13.8 Å². The van der Waals surface area contributed by atoms with Gasteiger partial charge in [-0.25, -0.2) is 9.59 Å². The molecular weight excluding hydrogens is 148 g/mol. The molecule has 0 saturated heterocycles. The Morgan fingerprint density at radius 2 is 2.09 bits per heavy atom. The van der Waals surface area contributed by atoms with Crippen LogP contribution in [0.5, 0.6) is 0 Å². The molecule has 0 radical (unpaired) electrons. The zero-order valence-electron chi connectivity index (χ0n) is 6.46. The van der Waals surface area contributed by atoms with E-state index in [1.807, 2.05) is 0 Å². The molecule has 4 nitrogen and oxygen atoms in total. The molecule has 0 atom stereocenters. The van der Waals surface area contributed by atoms with Crippen LogP contribution in [0.4, 0.5) is 0 Å². The summed E-state index contributed by atoms with van der Waals surface area (Å²) in [5.74, 6) is -1.73. The smallest absolute Gasteiger partial charge is 0.333 e. The summed E-state index contributed by atoms with van der Waals surface area (Å²) in [7, 11) is 0. The molecule has 0 aliphatic carbocycles. The molecule has 0 bridgehead atoms. The zero-order chi connectivity index (χ0) is 8.85. The number of aliphatic carboxylic acids is 1. The Morgan fingerprint density at radius 1 is 1.55 bits per heavy atom. The lowest BCUT2D eigenvalue weighted by atomic mass is 10.3. The van der Waals surface area contributed by atoms with E-state index in [1.165, 1.54) is 6.92 Å². The maximum absolute atomic E-state index is 10.7. The van der Waals surface area contributed by atoms with E-state index >= 15 is 0 Å². The number of ether oxygens (including phenoxy) is 1. The number of hydrogen-bond acceptors (Lipinski definition) is 3. The maximum atomic E-state index is 10.7. The monoisotopic (exact) mass is 158 g/mol. The minimum Gasteiger partial charge on any atom is -0.478 e. The molecule has 0 aliphatic heterocycles. The van der Waals surface area contributed by atoms with E-state index in [2.05, 4.69) is 4.74 Å². The Labute approximate surface area is 64.5 Å². The van der Waals surface area contributed by atoms with Crippen molar-refractivity contribution in [2.24, 2.45) is 0 Å². The summed E-state index contributed by atoms with van der Waals surface area (Å²) in [6.07, 6.45) is 0.817. The van der Waals surface area contributed by atoms with Crippen LogP contribution in [0.25, 0.3) is 0 Å². The minimum atomic E-state index is -1.14. The third-order valence-electron chi connectivity index (χ3n) is 0.937. The van der Waals surface area contributed by atoms with Gasteiger partial charge in [-0.05, 0) is 13.8 Å². The molecule has 0 aromatic heterocycles. The van der Waals surface area contributed by atoms with Gasteiger partial charge in [-0.3, -0.25) is 0 Å². The topological polar surface area (TPSA) is 63.6 Å². The summed E-state index contributed by atoms with van der Waals surface area (Å²) in [5.41, 5.74) is 0.0966. The fourth-order valence-corrected chi connectivity index (χ4v) is 0.489. The molecule has 0 aromatic rings. The average Bonchev–Trinajstić information content (AvgIpc) is 1.86. The van der Waals surface area contributed by atoms with Crippen molar-refractivity contribution in [1.29, 1.82) is 0 Å². The molecule has 4 heteroatoms. The van der Waals surface area contributed by atoms with E-state index in [-0.39, 0.29) is 12.2 Å². The number of rotatable bonds is 3. The van der Waals surface area contributed by atoms with Gasteiger partial charge in [0.15, 0.2) is 0 Å². The first kappa shape index (κ1) is 9.68. The van der Waals surface area contributed by atoms with Gasteiger partial charge in [0.1, 0.15) is 0 Å². The summed E-state index contributed by atoms with van der Waals surface area (Å²) < 4.78 is 4.53. The van der Waals surface area contributed by atoms with Crippen LogP contribution in [-0.2, 0) is 14.3 Å². The van der Waals surface area contributed by atoms with E-state index in [0.29, 0.717) is 0 Å². The van der Waals surface area contributed by atoms with Crippen LogP contribution in [0.15, 0.2) is 11.6 Å². The van der Waals surface area contributed by atoms with Crippen molar-refractivity contribution in [3.05, 3.63) is 11.6 Å².